The van der Waals surface area contributed by atoms with E-state index in [1.807, 2.05) is 60.7 Å². The Morgan fingerprint density at radius 3 is 1.89 bits per heavy atom. The number of benzene rings is 3. The summed E-state index contributed by atoms with van der Waals surface area (Å²) in [4.78, 5) is 0. The summed E-state index contributed by atoms with van der Waals surface area (Å²) in [5.41, 5.74) is 3.56. The first-order valence-electron chi connectivity index (χ1n) is 9.55. The summed E-state index contributed by atoms with van der Waals surface area (Å²) in [5.74, 6) is 2.59. The van der Waals surface area contributed by atoms with Gasteiger partial charge in [0, 0.05) is 12.2 Å². The molecular weight excluding hydrogens is 350 g/mol. The van der Waals surface area contributed by atoms with E-state index in [2.05, 4.69) is 31.3 Å². The van der Waals surface area contributed by atoms with Gasteiger partial charge in [0.15, 0.2) is 0 Å². The van der Waals surface area contributed by atoms with Crippen LogP contribution in [0.2, 0.25) is 0 Å². The number of para-hydroxylation sites is 1. The first kappa shape index (κ1) is 19.6. The van der Waals surface area contributed by atoms with Crippen LogP contribution in [0, 0.1) is 13.8 Å². The fraction of sp³-hybridized carbons (Fsp3) is 0.250. The maximum atomic E-state index is 5.79. The molecule has 0 aliphatic carbocycles. The Morgan fingerprint density at radius 1 is 0.607 bits per heavy atom. The van der Waals surface area contributed by atoms with Crippen LogP contribution >= 0.6 is 0 Å². The van der Waals surface area contributed by atoms with Crippen LogP contribution in [0.5, 0.6) is 17.2 Å². The summed E-state index contributed by atoms with van der Waals surface area (Å²) < 4.78 is 17.1. The Balaban J connectivity index is 1.33. The second kappa shape index (κ2) is 10.3. The maximum absolute atomic E-state index is 5.79. The van der Waals surface area contributed by atoms with E-state index in [0.29, 0.717) is 19.8 Å². The van der Waals surface area contributed by atoms with Crippen LogP contribution in [-0.4, -0.2) is 26.4 Å². The van der Waals surface area contributed by atoms with Crippen LogP contribution < -0.4 is 19.5 Å². The zero-order chi connectivity index (χ0) is 19.6. The topological polar surface area (TPSA) is 39.7 Å². The van der Waals surface area contributed by atoms with Crippen molar-refractivity contribution < 1.29 is 14.2 Å². The third kappa shape index (κ3) is 6.23. The van der Waals surface area contributed by atoms with Gasteiger partial charge in [0.05, 0.1) is 0 Å². The van der Waals surface area contributed by atoms with Gasteiger partial charge in [-0.2, -0.15) is 0 Å². The van der Waals surface area contributed by atoms with Gasteiger partial charge in [0.1, 0.15) is 37.1 Å². The van der Waals surface area contributed by atoms with E-state index in [9.17, 15) is 0 Å². The number of anilines is 1. The summed E-state index contributed by atoms with van der Waals surface area (Å²) in [6.45, 7) is 6.56. The lowest BCUT2D eigenvalue weighted by molar-refractivity contribution is 0.217. The quantitative estimate of drug-likeness (QED) is 0.490. The molecule has 4 nitrogen and oxygen atoms in total. The summed E-state index contributed by atoms with van der Waals surface area (Å²) in [6.07, 6.45) is 0. The average molecular weight is 377 g/mol. The average Bonchev–Trinajstić information content (AvgIpc) is 2.73. The van der Waals surface area contributed by atoms with Gasteiger partial charge in [-0.15, -0.1) is 0 Å². The molecule has 3 rings (SSSR count). The Morgan fingerprint density at radius 2 is 1.21 bits per heavy atom. The van der Waals surface area contributed by atoms with Crippen molar-refractivity contribution in [3.05, 3.63) is 83.9 Å². The highest BCUT2D eigenvalue weighted by atomic mass is 16.5. The van der Waals surface area contributed by atoms with Crippen LogP contribution in [0.4, 0.5) is 5.69 Å². The molecule has 0 fully saturated rings. The Bertz CT molecular complexity index is 847. The van der Waals surface area contributed by atoms with Crippen molar-refractivity contribution in [3.63, 3.8) is 0 Å². The summed E-state index contributed by atoms with van der Waals surface area (Å²) in [5, 5.41) is 3.35. The Kier molecular flexibility index (Phi) is 7.19. The lowest BCUT2D eigenvalue weighted by atomic mass is 10.1. The molecule has 146 valence electrons. The Hall–Kier alpha value is -3.14. The lowest BCUT2D eigenvalue weighted by Gasteiger charge is -2.11. The van der Waals surface area contributed by atoms with E-state index in [4.69, 9.17) is 14.2 Å². The van der Waals surface area contributed by atoms with E-state index >= 15 is 0 Å². The normalized spacial score (nSPS) is 10.4. The van der Waals surface area contributed by atoms with Gasteiger partial charge >= 0.3 is 0 Å². The highest BCUT2D eigenvalue weighted by molar-refractivity contribution is 5.46. The molecule has 0 saturated heterocycles. The molecule has 28 heavy (non-hydrogen) atoms. The van der Waals surface area contributed by atoms with Gasteiger partial charge < -0.3 is 19.5 Å². The predicted octanol–water partition coefficient (Wildman–Crippen LogP) is 5.25. The number of rotatable bonds is 10. The molecule has 0 saturated carbocycles. The second-order valence-corrected chi connectivity index (χ2v) is 6.56. The molecule has 3 aromatic rings. The molecule has 0 heterocycles. The summed E-state index contributed by atoms with van der Waals surface area (Å²) >= 11 is 0. The largest absolute Gasteiger partial charge is 0.492 e. The summed E-state index contributed by atoms with van der Waals surface area (Å²) in [6, 6.07) is 23.8. The van der Waals surface area contributed by atoms with E-state index in [1.165, 1.54) is 11.1 Å². The number of ether oxygens (including phenoxy) is 3. The molecule has 0 aromatic heterocycles. The van der Waals surface area contributed by atoms with Crippen molar-refractivity contribution in [1.29, 1.82) is 0 Å². The second-order valence-electron chi connectivity index (χ2n) is 6.56. The highest BCUT2D eigenvalue weighted by Crippen LogP contribution is 2.17. The lowest BCUT2D eigenvalue weighted by Crippen LogP contribution is -2.11. The molecule has 0 aliphatic rings. The maximum Gasteiger partial charge on any atom is 0.122 e. The van der Waals surface area contributed by atoms with Crippen molar-refractivity contribution in [2.45, 2.75) is 13.8 Å². The van der Waals surface area contributed by atoms with Crippen molar-refractivity contribution in [3.8, 4) is 17.2 Å². The monoisotopic (exact) mass is 377 g/mol. The van der Waals surface area contributed by atoms with Crippen molar-refractivity contribution in [2.24, 2.45) is 0 Å². The fourth-order valence-electron chi connectivity index (χ4n) is 2.67. The molecule has 3 aromatic carbocycles. The van der Waals surface area contributed by atoms with E-state index in [1.54, 1.807) is 0 Å². The summed E-state index contributed by atoms with van der Waals surface area (Å²) in [7, 11) is 0. The molecule has 0 spiro atoms. The van der Waals surface area contributed by atoms with Crippen LogP contribution in [0.25, 0.3) is 0 Å². The Labute approximate surface area is 167 Å². The van der Waals surface area contributed by atoms with Gasteiger partial charge in [-0.05, 0) is 73.5 Å². The van der Waals surface area contributed by atoms with Gasteiger partial charge in [-0.3, -0.25) is 0 Å². The van der Waals surface area contributed by atoms with Crippen molar-refractivity contribution in [1.82, 2.24) is 0 Å². The smallest absolute Gasteiger partial charge is 0.122 e. The first-order chi connectivity index (χ1) is 13.7. The van der Waals surface area contributed by atoms with Crippen LogP contribution in [0.3, 0.4) is 0 Å². The van der Waals surface area contributed by atoms with Crippen LogP contribution in [0.15, 0.2) is 72.8 Å². The molecule has 0 aliphatic heterocycles. The van der Waals surface area contributed by atoms with Gasteiger partial charge in [0.2, 0.25) is 0 Å². The SMILES string of the molecule is Cc1ccc(OCCNc2ccc(OCCOc3ccccc3)cc2)cc1C. The molecule has 0 bridgehead atoms. The molecule has 0 atom stereocenters. The fourth-order valence-corrected chi connectivity index (χ4v) is 2.67. The van der Waals surface area contributed by atoms with Crippen molar-refractivity contribution >= 4 is 5.69 Å². The van der Waals surface area contributed by atoms with Crippen LogP contribution in [0.1, 0.15) is 11.1 Å². The molecule has 0 radical (unpaired) electrons. The number of hydrogen-bond donors (Lipinski definition) is 1. The molecule has 0 unspecified atom stereocenters. The number of hydrogen-bond acceptors (Lipinski definition) is 4. The van der Waals surface area contributed by atoms with Gasteiger partial charge in [0.25, 0.3) is 0 Å². The predicted molar refractivity (Wildman–Crippen MR) is 114 cm³/mol. The molecular formula is C24H27NO3. The minimum atomic E-state index is 0.505. The van der Waals surface area contributed by atoms with Crippen molar-refractivity contribution in [2.75, 3.05) is 31.7 Å². The highest BCUT2D eigenvalue weighted by Gasteiger charge is 1.99. The zero-order valence-corrected chi connectivity index (χ0v) is 16.5. The first-order valence-corrected chi connectivity index (χ1v) is 9.55. The standard InChI is InChI=1S/C24H27NO3/c1-19-8-11-24(18-20(19)2)26-15-14-25-21-9-12-23(13-10-21)28-17-16-27-22-6-4-3-5-7-22/h3-13,18,25H,14-17H2,1-2H3. The zero-order valence-electron chi connectivity index (χ0n) is 16.5. The minimum Gasteiger partial charge on any atom is -0.492 e. The van der Waals surface area contributed by atoms with E-state index in [0.717, 1.165) is 29.5 Å². The minimum absolute atomic E-state index is 0.505. The number of aryl methyl sites for hydroxylation is 2. The molecule has 1 N–H and O–H groups in total. The molecule has 4 heteroatoms. The van der Waals surface area contributed by atoms with Gasteiger partial charge in [-0.25, -0.2) is 0 Å². The van der Waals surface area contributed by atoms with E-state index < -0.39 is 0 Å². The third-order valence-corrected chi connectivity index (χ3v) is 4.40. The van der Waals surface area contributed by atoms with E-state index in [-0.39, 0.29) is 0 Å². The third-order valence-electron chi connectivity index (χ3n) is 4.40. The number of nitrogens with one attached hydrogen (secondary N) is 1. The van der Waals surface area contributed by atoms with Crippen LogP contribution in [-0.2, 0) is 0 Å². The molecule has 0 amide bonds. The van der Waals surface area contributed by atoms with Gasteiger partial charge in [-0.1, -0.05) is 24.3 Å².